The lowest BCUT2D eigenvalue weighted by Gasteiger charge is -2.07. The number of aromatic nitrogens is 4. The molecule has 162 valence electrons. The molecule has 0 aliphatic rings. The molecule has 0 saturated carbocycles. The number of anilines is 1. The maximum Gasteiger partial charge on any atom is 0.328 e. The number of esters is 1. The van der Waals surface area contributed by atoms with E-state index < -0.39 is 12.8 Å². The molecule has 2 aromatic rings. The van der Waals surface area contributed by atoms with Gasteiger partial charge in [-0.1, -0.05) is 64.7 Å². The van der Waals surface area contributed by atoms with Crippen LogP contribution in [0.15, 0.2) is 6.33 Å². The first kappa shape index (κ1) is 22.9. The molecule has 0 saturated heterocycles. The molecule has 3 N–H and O–H groups in total. The maximum atomic E-state index is 11.6. The Morgan fingerprint density at radius 2 is 1.72 bits per heavy atom. The Balaban J connectivity index is 1.74. The molecule has 0 radical (unpaired) electrons. The van der Waals surface area contributed by atoms with Gasteiger partial charge in [-0.05, 0) is 6.42 Å². The number of nitrogens with two attached hydrogens (primary N) is 1. The molecule has 0 amide bonds. The average Bonchev–Trinajstić information content (AvgIpc) is 3.08. The molecule has 0 atom stereocenters. The zero-order chi connectivity index (χ0) is 20.9. The maximum absolute atomic E-state index is 11.6. The van der Waals surface area contributed by atoms with Crippen molar-refractivity contribution in [2.75, 3.05) is 19.1 Å². The first-order valence-electron chi connectivity index (χ1n) is 10.5. The number of imidazole rings is 1. The first-order chi connectivity index (χ1) is 14.2. The van der Waals surface area contributed by atoms with Crippen LogP contribution in [-0.2, 0) is 16.1 Å². The third kappa shape index (κ3) is 7.84. The van der Waals surface area contributed by atoms with E-state index in [-0.39, 0.29) is 12.5 Å². The van der Waals surface area contributed by atoms with Gasteiger partial charge in [-0.15, -0.1) is 0 Å². The Kier molecular flexibility index (Phi) is 10.2. The van der Waals surface area contributed by atoms with Crippen LogP contribution in [0.25, 0.3) is 11.2 Å². The third-order valence-electron chi connectivity index (χ3n) is 4.71. The van der Waals surface area contributed by atoms with E-state index in [0.29, 0.717) is 23.7 Å². The second-order valence-corrected chi connectivity index (χ2v) is 7.11. The van der Waals surface area contributed by atoms with E-state index >= 15 is 0 Å². The zero-order valence-corrected chi connectivity index (χ0v) is 17.3. The van der Waals surface area contributed by atoms with Crippen molar-refractivity contribution in [2.24, 2.45) is 0 Å². The van der Waals surface area contributed by atoms with Crippen molar-refractivity contribution < 1.29 is 19.4 Å². The van der Waals surface area contributed by atoms with Gasteiger partial charge in [0.15, 0.2) is 18.0 Å². The number of carbonyl (C=O) groups excluding carboxylic acids is 1. The second kappa shape index (κ2) is 12.9. The van der Waals surface area contributed by atoms with Crippen LogP contribution in [-0.4, -0.2) is 44.0 Å². The number of hydrogen-bond donors (Lipinski definition) is 2. The summed E-state index contributed by atoms with van der Waals surface area (Å²) in [6.45, 7) is 1.96. The molecule has 2 aromatic heterocycles. The Morgan fingerprint density at radius 3 is 2.38 bits per heavy atom. The number of nitrogen functional groups attached to an aromatic ring is 1. The predicted octanol–water partition coefficient (Wildman–Crippen LogP) is 3.20. The number of aliphatic hydroxyl groups is 1. The smallest absolute Gasteiger partial charge is 0.328 e. The van der Waals surface area contributed by atoms with E-state index in [4.69, 9.17) is 15.6 Å². The van der Waals surface area contributed by atoms with Crippen LogP contribution < -0.4 is 10.5 Å². The molecule has 9 heteroatoms. The number of ether oxygens (including phenoxy) is 2. The number of rotatable bonds is 15. The summed E-state index contributed by atoms with van der Waals surface area (Å²) in [4.78, 5) is 24.1. The van der Waals surface area contributed by atoms with Gasteiger partial charge in [-0.25, -0.2) is 4.98 Å². The Labute approximate surface area is 171 Å². The molecular formula is C20H33N5O4. The van der Waals surface area contributed by atoms with E-state index in [2.05, 4.69) is 26.6 Å². The summed E-state index contributed by atoms with van der Waals surface area (Å²) in [5.41, 5.74) is 6.61. The third-order valence-corrected chi connectivity index (χ3v) is 4.71. The highest BCUT2D eigenvalue weighted by atomic mass is 16.6. The summed E-state index contributed by atoms with van der Waals surface area (Å²) in [7, 11) is 0. The normalized spacial score (nSPS) is 11.1. The highest BCUT2D eigenvalue weighted by molar-refractivity contribution is 5.79. The topological polar surface area (TPSA) is 125 Å². The number of nitrogens with zero attached hydrogens (tertiary/aromatic N) is 4. The van der Waals surface area contributed by atoms with E-state index in [1.807, 2.05) is 0 Å². The van der Waals surface area contributed by atoms with Crippen molar-refractivity contribution in [3.8, 4) is 5.88 Å². The van der Waals surface area contributed by atoms with Crippen LogP contribution >= 0.6 is 0 Å². The van der Waals surface area contributed by atoms with Gasteiger partial charge in [0.05, 0.1) is 12.9 Å². The molecule has 0 bridgehead atoms. The van der Waals surface area contributed by atoms with Gasteiger partial charge in [-0.2, -0.15) is 9.97 Å². The zero-order valence-electron chi connectivity index (χ0n) is 17.3. The minimum atomic E-state index is -0.671. The molecule has 9 nitrogen and oxygen atoms in total. The highest BCUT2D eigenvalue weighted by Gasteiger charge is 2.15. The SMILES string of the molecule is CCCCCCCCCCCCOc1nc(N)nc2c1ncn2CC(=O)OCO. The van der Waals surface area contributed by atoms with E-state index in [1.165, 1.54) is 62.3 Å². The van der Waals surface area contributed by atoms with Gasteiger partial charge < -0.3 is 24.9 Å². The van der Waals surface area contributed by atoms with E-state index in [0.717, 1.165) is 12.8 Å². The fourth-order valence-electron chi connectivity index (χ4n) is 3.17. The quantitative estimate of drug-likeness (QED) is 0.262. The van der Waals surface area contributed by atoms with Gasteiger partial charge in [0, 0.05) is 0 Å². The van der Waals surface area contributed by atoms with Crippen LogP contribution in [0.2, 0.25) is 0 Å². The van der Waals surface area contributed by atoms with Crippen molar-refractivity contribution in [3.05, 3.63) is 6.33 Å². The van der Waals surface area contributed by atoms with Gasteiger partial charge in [0.2, 0.25) is 11.8 Å². The molecule has 0 aliphatic carbocycles. The standard InChI is InChI=1S/C20H33N5O4/c1-2-3-4-5-6-7-8-9-10-11-12-28-19-17-18(23-20(21)24-19)25(14-22-17)13-16(27)29-15-26/h14,26H,2-13,15H2,1H3,(H2,21,23,24). The number of fused-ring (bicyclic) bond motifs is 1. The van der Waals surface area contributed by atoms with Gasteiger partial charge >= 0.3 is 5.97 Å². The van der Waals surface area contributed by atoms with Crippen molar-refractivity contribution >= 4 is 23.1 Å². The molecule has 2 rings (SSSR count). The summed E-state index contributed by atoms with van der Waals surface area (Å²) in [6, 6.07) is 0. The van der Waals surface area contributed by atoms with Crippen molar-refractivity contribution in [3.63, 3.8) is 0 Å². The summed E-state index contributed by atoms with van der Waals surface area (Å²) in [5, 5.41) is 8.67. The Bertz CT molecular complexity index is 750. The van der Waals surface area contributed by atoms with Crippen LogP contribution in [0.5, 0.6) is 5.88 Å². The fraction of sp³-hybridized carbons (Fsp3) is 0.700. The van der Waals surface area contributed by atoms with E-state index in [1.54, 1.807) is 0 Å². The van der Waals surface area contributed by atoms with Crippen LogP contribution in [0.3, 0.4) is 0 Å². The van der Waals surface area contributed by atoms with E-state index in [9.17, 15) is 4.79 Å². The molecular weight excluding hydrogens is 374 g/mol. The van der Waals surface area contributed by atoms with Crippen LogP contribution in [0.1, 0.15) is 71.1 Å². The first-order valence-corrected chi connectivity index (χ1v) is 10.5. The number of aliphatic hydroxyl groups excluding tert-OH is 1. The molecule has 0 spiro atoms. The molecule has 0 aliphatic heterocycles. The number of unbranched alkanes of at least 4 members (excludes halogenated alkanes) is 9. The summed E-state index contributed by atoms with van der Waals surface area (Å²) < 4.78 is 11.8. The Hall–Kier alpha value is -2.42. The lowest BCUT2D eigenvalue weighted by molar-refractivity contribution is -0.152. The molecule has 0 unspecified atom stereocenters. The van der Waals surface area contributed by atoms with Crippen LogP contribution in [0.4, 0.5) is 5.95 Å². The average molecular weight is 408 g/mol. The highest BCUT2D eigenvalue weighted by Crippen LogP contribution is 2.22. The molecule has 2 heterocycles. The molecule has 29 heavy (non-hydrogen) atoms. The lowest BCUT2D eigenvalue weighted by atomic mass is 10.1. The van der Waals surface area contributed by atoms with Gasteiger partial charge in [0.1, 0.15) is 6.54 Å². The van der Waals surface area contributed by atoms with Crippen molar-refractivity contribution in [1.82, 2.24) is 19.5 Å². The van der Waals surface area contributed by atoms with Crippen molar-refractivity contribution in [1.29, 1.82) is 0 Å². The number of carbonyl (C=O) groups is 1. The van der Waals surface area contributed by atoms with Gasteiger partial charge in [-0.3, -0.25) is 4.79 Å². The largest absolute Gasteiger partial charge is 0.476 e. The Morgan fingerprint density at radius 1 is 1.07 bits per heavy atom. The summed E-state index contributed by atoms with van der Waals surface area (Å²) >= 11 is 0. The van der Waals surface area contributed by atoms with Crippen molar-refractivity contribution in [2.45, 2.75) is 77.7 Å². The molecule has 0 aromatic carbocycles. The fourth-order valence-corrected chi connectivity index (χ4v) is 3.17. The minimum Gasteiger partial charge on any atom is -0.476 e. The van der Waals surface area contributed by atoms with Gasteiger partial charge in [0.25, 0.3) is 0 Å². The number of hydrogen-bond acceptors (Lipinski definition) is 8. The lowest BCUT2D eigenvalue weighted by Crippen LogP contribution is -2.14. The monoisotopic (exact) mass is 407 g/mol. The minimum absolute atomic E-state index is 0.0489. The predicted molar refractivity (Wildman–Crippen MR) is 110 cm³/mol. The second-order valence-electron chi connectivity index (χ2n) is 7.11. The summed E-state index contributed by atoms with van der Waals surface area (Å²) in [5.74, 6) is -0.234. The van der Waals surface area contributed by atoms with Crippen LogP contribution in [0, 0.1) is 0 Å². The summed E-state index contributed by atoms with van der Waals surface area (Å²) in [6.07, 6.45) is 14.0. The molecule has 0 fully saturated rings.